The van der Waals surface area contributed by atoms with Gasteiger partial charge in [0.1, 0.15) is 17.9 Å². The fourth-order valence-electron chi connectivity index (χ4n) is 3.51. The minimum atomic E-state index is -0.777. The third kappa shape index (κ3) is 4.81. The second kappa shape index (κ2) is 9.30. The number of imide groups is 2. The first-order valence-electron chi connectivity index (χ1n) is 10.3. The van der Waals surface area contributed by atoms with Crippen LogP contribution in [-0.4, -0.2) is 17.8 Å². The van der Waals surface area contributed by atoms with E-state index in [1.54, 1.807) is 49.4 Å². The number of rotatable bonds is 5. The third-order valence-corrected chi connectivity index (χ3v) is 5.44. The lowest BCUT2D eigenvalue weighted by Gasteiger charge is -2.28. The molecule has 1 saturated heterocycles. The summed E-state index contributed by atoms with van der Waals surface area (Å²) in [5.41, 5.74) is 3.31. The number of para-hydroxylation sites is 1. The van der Waals surface area contributed by atoms with Gasteiger partial charge in [-0.15, -0.1) is 0 Å². The lowest BCUT2D eigenvalue weighted by atomic mass is 10.0. The number of amides is 4. The summed E-state index contributed by atoms with van der Waals surface area (Å²) < 4.78 is 5.93. The zero-order valence-electron chi connectivity index (χ0n) is 18.1. The molecule has 0 aliphatic carbocycles. The van der Waals surface area contributed by atoms with Crippen LogP contribution in [0.3, 0.4) is 0 Å². The van der Waals surface area contributed by atoms with Gasteiger partial charge in [0.15, 0.2) is 0 Å². The van der Waals surface area contributed by atoms with Crippen LogP contribution in [0.4, 0.5) is 10.5 Å². The number of anilines is 1. The second-order valence-electron chi connectivity index (χ2n) is 7.70. The molecule has 1 aliphatic heterocycles. The van der Waals surface area contributed by atoms with Gasteiger partial charge in [0.2, 0.25) is 0 Å². The van der Waals surface area contributed by atoms with Crippen LogP contribution < -0.4 is 15.0 Å². The largest absolute Gasteiger partial charge is 0.488 e. The SMILES string of the molecule is Cc1ccc(C)c(N2C(=O)NC(=O)/C(=C\c3ccccc3OCc3cccc(Cl)c3)C2=O)c1. The Balaban J connectivity index is 1.66. The molecule has 0 aromatic heterocycles. The van der Waals surface area contributed by atoms with Crippen LogP contribution in [0.5, 0.6) is 5.75 Å². The van der Waals surface area contributed by atoms with Crippen molar-refractivity contribution >= 4 is 41.2 Å². The molecule has 4 rings (SSSR count). The number of benzene rings is 3. The Morgan fingerprint density at radius 2 is 1.76 bits per heavy atom. The predicted octanol–water partition coefficient (Wildman–Crippen LogP) is 5.20. The number of carbonyl (C=O) groups excluding carboxylic acids is 3. The molecule has 0 bridgehead atoms. The number of barbiturate groups is 1. The summed E-state index contributed by atoms with van der Waals surface area (Å²) in [6.07, 6.45) is 1.44. The normalized spacial score (nSPS) is 15.1. The van der Waals surface area contributed by atoms with Crippen LogP contribution in [0.25, 0.3) is 6.08 Å². The molecule has 1 N–H and O–H groups in total. The van der Waals surface area contributed by atoms with E-state index in [1.165, 1.54) is 6.08 Å². The standard InChI is InChI=1S/C26H21ClN2O4/c1-16-10-11-17(2)22(12-16)29-25(31)21(24(30)28-26(29)32)14-19-7-3-4-9-23(19)33-15-18-6-5-8-20(27)13-18/h3-14H,15H2,1-2H3,(H,28,30,32)/b21-14+. The maximum absolute atomic E-state index is 13.3. The Bertz CT molecular complexity index is 1300. The molecule has 0 spiro atoms. The van der Waals surface area contributed by atoms with Gasteiger partial charge in [-0.1, -0.05) is 54.1 Å². The number of carbonyl (C=O) groups is 3. The van der Waals surface area contributed by atoms with Gasteiger partial charge >= 0.3 is 6.03 Å². The van der Waals surface area contributed by atoms with Gasteiger partial charge in [0, 0.05) is 10.6 Å². The molecule has 1 aliphatic rings. The quantitative estimate of drug-likeness (QED) is 0.419. The van der Waals surface area contributed by atoms with E-state index in [4.69, 9.17) is 16.3 Å². The van der Waals surface area contributed by atoms with Gasteiger partial charge in [-0.25, -0.2) is 9.69 Å². The zero-order chi connectivity index (χ0) is 23.5. The number of nitrogens with zero attached hydrogens (tertiary/aromatic N) is 1. The van der Waals surface area contributed by atoms with E-state index in [0.29, 0.717) is 22.0 Å². The van der Waals surface area contributed by atoms with Crippen molar-refractivity contribution in [3.63, 3.8) is 0 Å². The molecule has 7 heteroatoms. The molecule has 0 atom stereocenters. The Kier molecular flexibility index (Phi) is 6.29. The molecule has 166 valence electrons. The number of aryl methyl sites for hydroxylation is 2. The highest BCUT2D eigenvalue weighted by atomic mass is 35.5. The topological polar surface area (TPSA) is 75.7 Å². The van der Waals surface area contributed by atoms with Crippen LogP contribution in [0, 0.1) is 13.8 Å². The third-order valence-electron chi connectivity index (χ3n) is 5.21. The maximum Gasteiger partial charge on any atom is 0.335 e. The Hall–Kier alpha value is -3.90. The van der Waals surface area contributed by atoms with Crippen molar-refractivity contribution < 1.29 is 19.1 Å². The monoisotopic (exact) mass is 460 g/mol. The fraction of sp³-hybridized carbons (Fsp3) is 0.115. The van der Waals surface area contributed by atoms with E-state index in [9.17, 15) is 14.4 Å². The van der Waals surface area contributed by atoms with Gasteiger partial charge in [0.05, 0.1) is 5.69 Å². The highest BCUT2D eigenvalue weighted by Crippen LogP contribution is 2.28. The van der Waals surface area contributed by atoms with Crippen molar-refractivity contribution in [2.24, 2.45) is 0 Å². The summed E-state index contributed by atoms with van der Waals surface area (Å²) in [4.78, 5) is 39.4. The summed E-state index contributed by atoms with van der Waals surface area (Å²) in [5.74, 6) is -0.959. The van der Waals surface area contributed by atoms with Crippen molar-refractivity contribution in [2.45, 2.75) is 20.5 Å². The van der Waals surface area contributed by atoms with Crippen LogP contribution in [0.15, 0.2) is 72.3 Å². The molecular formula is C26H21ClN2O4. The lowest BCUT2D eigenvalue weighted by molar-refractivity contribution is -0.122. The molecule has 1 heterocycles. The average Bonchev–Trinajstić information content (AvgIpc) is 2.78. The van der Waals surface area contributed by atoms with Gasteiger partial charge in [-0.2, -0.15) is 0 Å². The molecular weight excluding hydrogens is 440 g/mol. The van der Waals surface area contributed by atoms with Gasteiger partial charge < -0.3 is 4.74 Å². The van der Waals surface area contributed by atoms with E-state index < -0.39 is 17.8 Å². The Labute approximate surface area is 196 Å². The molecule has 1 fully saturated rings. The highest BCUT2D eigenvalue weighted by molar-refractivity contribution is 6.39. The van der Waals surface area contributed by atoms with E-state index in [0.717, 1.165) is 21.6 Å². The van der Waals surface area contributed by atoms with Crippen molar-refractivity contribution in [3.05, 3.63) is 99.6 Å². The van der Waals surface area contributed by atoms with Crippen molar-refractivity contribution in [3.8, 4) is 5.75 Å². The second-order valence-corrected chi connectivity index (χ2v) is 8.14. The van der Waals surface area contributed by atoms with E-state index in [-0.39, 0.29) is 12.2 Å². The van der Waals surface area contributed by atoms with E-state index >= 15 is 0 Å². The van der Waals surface area contributed by atoms with Gasteiger partial charge in [-0.05, 0) is 60.9 Å². The van der Waals surface area contributed by atoms with Crippen molar-refractivity contribution in [2.75, 3.05) is 4.90 Å². The number of halogens is 1. The minimum absolute atomic E-state index is 0.158. The fourth-order valence-corrected chi connectivity index (χ4v) is 3.72. The lowest BCUT2D eigenvalue weighted by Crippen LogP contribution is -2.54. The number of urea groups is 1. The van der Waals surface area contributed by atoms with Gasteiger partial charge in [0.25, 0.3) is 11.8 Å². The maximum atomic E-state index is 13.3. The molecule has 33 heavy (non-hydrogen) atoms. The Morgan fingerprint density at radius 1 is 0.970 bits per heavy atom. The molecule has 4 amide bonds. The smallest absolute Gasteiger partial charge is 0.335 e. The molecule has 0 unspecified atom stereocenters. The van der Waals surface area contributed by atoms with E-state index in [2.05, 4.69) is 5.32 Å². The summed E-state index contributed by atoms with van der Waals surface area (Å²) >= 11 is 6.04. The van der Waals surface area contributed by atoms with Gasteiger partial charge in [-0.3, -0.25) is 14.9 Å². The van der Waals surface area contributed by atoms with Crippen molar-refractivity contribution in [1.29, 1.82) is 0 Å². The van der Waals surface area contributed by atoms with Crippen molar-refractivity contribution in [1.82, 2.24) is 5.32 Å². The number of hydrogen-bond acceptors (Lipinski definition) is 4. The zero-order valence-corrected chi connectivity index (χ0v) is 18.8. The first-order valence-corrected chi connectivity index (χ1v) is 10.7. The number of ether oxygens (including phenoxy) is 1. The Morgan fingerprint density at radius 3 is 2.55 bits per heavy atom. The molecule has 6 nitrogen and oxygen atoms in total. The summed E-state index contributed by atoms with van der Waals surface area (Å²) in [6, 6.07) is 19.0. The van der Waals surface area contributed by atoms with Crippen LogP contribution in [0.1, 0.15) is 22.3 Å². The number of nitrogens with one attached hydrogen (secondary N) is 1. The predicted molar refractivity (Wildman–Crippen MR) is 127 cm³/mol. The minimum Gasteiger partial charge on any atom is -0.488 e. The average molecular weight is 461 g/mol. The number of hydrogen-bond donors (Lipinski definition) is 1. The van der Waals surface area contributed by atoms with Crippen LogP contribution in [0.2, 0.25) is 5.02 Å². The first-order chi connectivity index (χ1) is 15.8. The molecule has 0 saturated carbocycles. The summed E-state index contributed by atoms with van der Waals surface area (Å²) in [5, 5.41) is 2.87. The van der Waals surface area contributed by atoms with E-state index in [1.807, 2.05) is 31.2 Å². The molecule has 3 aromatic carbocycles. The summed E-state index contributed by atoms with van der Waals surface area (Å²) in [7, 11) is 0. The highest BCUT2D eigenvalue weighted by Gasteiger charge is 2.37. The first kappa shape index (κ1) is 22.3. The molecule has 0 radical (unpaired) electrons. The van der Waals surface area contributed by atoms with Crippen LogP contribution in [-0.2, 0) is 16.2 Å². The molecule has 3 aromatic rings. The van der Waals surface area contributed by atoms with Crippen LogP contribution >= 0.6 is 11.6 Å². The summed E-state index contributed by atoms with van der Waals surface area (Å²) in [6.45, 7) is 3.92.